The van der Waals surface area contributed by atoms with Crippen LogP contribution in [0, 0.1) is 6.92 Å². The molecule has 1 amide bonds. The van der Waals surface area contributed by atoms with Crippen molar-refractivity contribution in [2.24, 2.45) is 0 Å². The molecule has 1 heterocycles. The molecule has 0 aliphatic rings. The van der Waals surface area contributed by atoms with Crippen LogP contribution in [0.15, 0.2) is 46.9 Å². The van der Waals surface area contributed by atoms with E-state index < -0.39 is 0 Å². The summed E-state index contributed by atoms with van der Waals surface area (Å²) in [6.45, 7) is 3.98. The van der Waals surface area contributed by atoms with E-state index in [9.17, 15) is 4.79 Å². The van der Waals surface area contributed by atoms with Crippen molar-refractivity contribution in [3.05, 3.63) is 54.0 Å². The number of rotatable bonds is 8. The largest absolute Gasteiger partial charge is 0.492 e. The fourth-order valence-corrected chi connectivity index (χ4v) is 2.16. The van der Waals surface area contributed by atoms with Gasteiger partial charge in [0.05, 0.1) is 13.1 Å². The van der Waals surface area contributed by atoms with E-state index in [0.717, 1.165) is 17.3 Å². The molecule has 124 valence electrons. The molecule has 2 rings (SSSR count). The lowest BCUT2D eigenvalue weighted by atomic mass is 10.3. The zero-order chi connectivity index (χ0) is 16.7. The third kappa shape index (κ3) is 5.79. The van der Waals surface area contributed by atoms with Crippen LogP contribution in [0.5, 0.6) is 5.75 Å². The molecule has 0 unspecified atom stereocenters. The highest BCUT2D eigenvalue weighted by molar-refractivity contribution is 5.77. The molecule has 0 spiro atoms. The highest BCUT2D eigenvalue weighted by atomic mass is 16.5. The molecule has 0 aliphatic heterocycles. The summed E-state index contributed by atoms with van der Waals surface area (Å²) in [7, 11) is 3.70. The van der Waals surface area contributed by atoms with Crippen LogP contribution in [-0.2, 0) is 11.3 Å². The summed E-state index contributed by atoms with van der Waals surface area (Å²) in [4.78, 5) is 15.8. The van der Waals surface area contributed by atoms with Crippen molar-refractivity contribution in [3.63, 3.8) is 0 Å². The Morgan fingerprint density at radius 1 is 1.13 bits per heavy atom. The maximum atomic E-state index is 12.2. The highest BCUT2D eigenvalue weighted by Gasteiger charge is 2.13. The number of carbonyl (C=O) groups is 1. The maximum Gasteiger partial charge on any atom is 0.236 e. The number of carbonyl (C=O) groups excluding carboxylic acids is 1. The third-order valence-electron chi connectivity index (χ3n) is 3.50. The molecule has 0 bridgehead atoms. The van der Waals surface area contributed by atoms with Gasteiger partial charge < -0.3 is 14.1 Å². The minimum Gasteiger partial charge on any atom is -0.492 e. The number of para-hydroxylation sites is 1. The van der Waals surface area contributed by atoms with Crippen molar-refractivity contribution in [2.45, 2.75) is 13.5 Å². The second-order valence-electron chi connectivity index (χ2n) is 5.66. The topological polar surface area (TPSA) is 45.9 Å². The molecule has 1 aromatic heterocycles. The normalized spacial score (nSPS) is 10.8. The molecule has 0 fully saturated rings. The van der Waals surface area contributed by atoms with Crippen LogP contribution in [0.1, 0.15) is 11.5 Å². The van der Waals surface area contributed by atoms with E-state index in [1.807, 2.05) is 61.3 Å². The van der Waals surface area contributed by atoms with Crippen molar-refractivity contribution in [2.75, 3.05) is 33.8 Å². The van der Waals surface area contributed by atoms with E-state index in [0.29, 0.717) is 26.2 Å². The lowest BCUT2D eigenvalue weighted by Crippen LogP contribution is -2.37. The van der Waals surface area contributed by atoms with E-state index in [1.54, 1.807) is 11.9 Å². The molecule has 0 saturated carbocycles. The summed E-state index contributed by atoms with van der Waals surface area (Å²) >= 11 is 0. The maximum absolute atomic E-state index is 12.2. The Hall–Kier alpha value is -2.27. The minimum absolute atomic E-state index is 0.0567. The standard InChI is InChI=1S/C18H24N2O3/c1-15-9-10-17(23-15)13-20(3)18(21)14-19(2)11-12-22-16-7-5-4-6-8-16/h4-10H,11-14H2,1-3H3. The summed E-state index contributed by atoms with van der Waals surface area (Å²) in [6, 6.07) is 13.5. The smallest absolute Gasteiger partial charge is 0.236 e. The molecule has 5 heteroatoms. The SMILES string of the molecule is Cc1ccc(CN(C)C(=O)CN(C)CCOc2ccccc2)o1. The molecule has 0 aliphatic carbocycles. The number of benzene rings is 1. The van der Waals surface area contributed by atoms with Crippen LogP contribution in [0.2, 0.25) is 0 Å². The molecule has 1 aromatic carbocycles. The molecule has 5 nitrogen and oxygen atoms in total. The number of aryl methyl sites for hydroxylation is 1. The van der Waals surface area contributed by atoms with E-state index in [-0.39, 0.29) is 5.91 Å². The second-order valence-corrected chi connectivity index (χ2v) is 5.66. The van der Waals surface area contributed by atoms with Gasteiger partial charge in [0.25, 0.3) is 0 Å². The Bertz CT molecular complexity index is 610. The minimum atomic E-state index is 0.0567. The van der Waals surface area contributed by atoms with Crippen LogP contribution in [-0.4, -0.2) is 49.5 Å². The monoisotopic (exact) mass is 316 g/mol. The summed E-state index contributed by atoms with van der Waals surface area (Å²) < 4.78 is 11.1. The van der Waals surface area contributed by atoms with Gasteiger partial charge in [-0.2, -0.15) is 0 Å². The number of furan rings is 1. The summed E-state index contributed by atoms with van der Waals surface area (Å²) in [5, 5.41) is 0. The van der Waals surface area contributed by atoms with Crippen molar-refractivity contribution in [3.8, 4) is 5.75 Å². The van der Waals surface area contributed by atoms with Gasteiger partial charge in [0.2, 0.25) is 5.91 Å². The fraction of sp³-hybridized carbons (Fsp3) is 0.389. The van der Waals surface area contributed by atoms with Gasteiger partial charge in [-0.3, -0.25) is 9.69 Å². The average molecular weight is 316 g/mol. The summed E-state index contributed by atoms with van der Waals surface area (Å²) in [5.74, 6) is 2.56. The van der Waals surface area contributed by atoms with Crippen LogP contribution >= 0.6 is 0 Å². The first-order valence-electron chi connectivity index (χ1n) is 7.70. The zero-order valence-electron chi connectivity index (χ0n) is 14.0. The Labute approximate surface area is 137 Å². The third-order valence-corrected chi connectivity index (χ3v) is 3.50. The van der Waals surface area contributed by atoms with Gasteiger partial charge in [0.15, 0.2) is 0 Å². The lowest BCUT2D eigenvalue weighted by Gasteiger charge is -2.21. The second kappa shape index (κ2) is 8.39. The molecule has 23 heavy (non-hydrogen) atoms. The first-order chi connectivity index (χ1) is 11.0. The molecule has 0 saturated heterocycles. The van der Waals surface area contributed by atoms with E-state index >= 15 is 0 Å². The number of likely N-dealkylation sites (N-methyl/N-ethyl adjacent to an activating group) is 2. The van der Waals surface area contributed by atoms with Gasteiger partial charge in [-0.05, 0) is 38.2 Å². The van der Waals surface area contributed by atoms with Gasteiger partial charge in [-0.25, -0.2) is 0 Å². The summed E-state index contributed by atoms with van der Waals surface area (Å²) in [6.07, 6.45) is 0. The van der Waals surface area contributed by atoms with Crippen molar-refractivity contribution in [1.82, 2.24) is 9.80 Å². The van der Waals surface area contributed by atoms with E-state index in [1.165, 1.54) is 0 Å². The predicted octanol–water partition coefficient (Wildman–Crippen LogP) is 2.56. The van der Waals surface area contributed by atoms with Gasteiger partial charge in [0, 0.05) is 13.6 Å². The molecular weight excluding hydrogens is 292 g/mol. The van der Waals surface area contributed by atoms with E-state index in [2.05, 4.69) is 0 Å². The summed E-state index contributed by atoms with van der Waals surface area (Å²) in [5.41, 5.74) is 0. The van der Waals surface area contributed by atoms with Gasteiger partial charge in [0.1, 0.15) is 23.9 Å². The Morgan fingerprint density at radius 3 is 2.52 bits per heavy atom. The van der Waals surface area contributed by atoms with Crippen molar-refractivity contribution < 1.29 is 13.9 Å². The highest BCUT2D eigenvalue weighted by Crippen LogP contribution is 2.09. The van der Waals surface area contributed by atoms with Crippen molar-refractivity contribution in [1.29, 1.82) is 0 Å². The predicted molar refractivity (Wildman–Crippen MR) is 89.4 cm³/mol. The Balaban J connectivity index is 1.69. The van der Waals surface area contributed by atoms with E-state index in [4.69, 9.17) is 9.15 Å². The van der Waals surface area contributed by atoms with Gasteiger partial charge in [-0.15, -0.1) is 0 Å². The number of hydrogen-bond acceptors (Lipinski definition) is 4. The fourth-order valence-electron chi connectivity index (χ4n) is 2.16. The Morgan fingerprint density at radius 2 is 1.87 bits per heavy atom. The van der Waals surface area contributed by atoms with Crippen LogP contribution < -0.4 is 4.74 Å². The number of ether oxygens (including phenoxy) is 1. The van der Waals surface area contributed by atoms with Crippen molar-refractivity contribution >= 4 is 5.91 Å². The van der Waals surface area contributed by atoms with Crippen LogP contribution in [0.3, 0.4) is 0 Å². The molecule has 0 atom stereocenters. The first-order valence-corrected chi connectivity index (χ1v) is 7.70. The average Bonchev–Trinajstić information content (AvgIpc) is 2.93. The van der Waals surface area contributed by atoms with Crippen LogP contribution in [0.4, 0.5) is 0 Å². The van der Waals surface area contributed by atoms with Gasteiger partial charge >= 0.3 is 0 Å². The number of nitrogens with zero attached hydrogens (tertiary/aromatic N) is 2. The lowest BCUT2D eigenvalue weighted by molar-refractivity contribution is -0.131. The van der Waals surface area contributed by atoms with Gasteiger partial charge in [-0.1, -0.05) is 18.2 Å². The molecule has 2 aromatic rings. The molecule has 0 N–H and O–H groups in total. The quantitative estimate of drug-likeness (QED) is 0.751. The number of amides is 1. The Kier molecular flexibility index (Phi) is 6.23. The molecule has 0 radical (unpaired) electrons. The number of hydrogen-bond donors (Lipinski definition) is 0. The molecular formula is C18H24N2O3. The van der Waals surface area contributed by atoms with Crippen LogP contribution in [0.25, 0.3) is 0 Å². The zero-order valence-corrected chi connectivity index (χ0v) is 14.0. The first kappa shape index (κ1) is 17.1.